The lowest BCUT2D eigenvalue weighted by Crippen LogP contribution is -2.15. The molecule has 1 aliphatic heterocycles. The van der Waals surface area contributed by atoms with E-state index in [9.17, 15) is 13.9 Å². The van der Waals surface area contributed by atoms with Crippen LogP contribution in [-0.2, 0) is 0 Å². The Morgan fingerprint density at radius 2 is 2.00 bits per heavy atom. The zero-order valence-electron chi connectivity index (χ0n) is 10.5. The van der Waals surface area contributed by atoms with Gasteiger partial charge in [0, 0.05) is 0 Å². The number of aliphatic hydroxyl groups excluding tert-OH is 1. The van der Waals surface area contributed by atoms with Crippen LogP contribution in [0.1, 0.15) is 36.5 Å². The highest BCUT2D eigenvalue weighted by Gasteiger charge is 2.24. The topological polar surface area (TPSA) is 20.2 Å². The number of hydrogen-bond acceptors (Lipinski definition) is 2. The van der Waals surface area contributed by atoms with Crippen LogP contribution in [0.2, 0.25) is 0 Å². The summed E-state index contributed by atoms with van der Waals surface area (Å²) in [5.74, 6) is 1.29. The van der Waals surface area contributed by atoms with Crippen molar-refractivity contribution >= 4 is 11.8 Å². The van der Waals surface area contributed by atoms with E-state index in [-0.39, 0.29) is 5.56 Å². The maximum Gasteiger partial charge on any atom is 0.134 e. The molecule has 1 aromatic carbocycles. The SMILES string of the molecule is Cc1ccc(F)c(C(O)CC2CCSCC2)c1F. The Hall–Kier alpha value is -0.610. The molecule has 0 radical (unpaired) electrons. The number of rotatable bonds is 3. The summed E-state index contributed by atoms with van der Waals surface area (Å²) in [6.07, 6.45) is 1.48. The van der Waals surface area contributed by atoms with E-state index >= 15 is 0 Å². The summed E-state index contributed by atoms with van der Waals surface area (Å²) in [4.78, 5) is 0. The van der Waals surface area contributed by atoms with Crippen molar-refractivity contribution in [3.05, 3.63) is 34.9 Å². The van der Waals surface area contributed by atoms with Crippen molar-refractivity contribution in [1.29, 1.82) is 0 Å². The van der Waals surface area contributed by atoms with Gasteiger partial charge in [0.05, 0.1) is 11.7 Å². The summed E-state index contributed by atoms with van der Waals surface area (Å²) < 4.78 is 27.5. The minimum atomic E-state index is -1.03. The fourth-order valence-corrected chi connectivity index (χ4v) is 3.60. The summed E-state index contributed by atoms with van der Waals surface area (Å²) in [5.41, 5.74) is 0.220. The average molecular weight is 272 g/mol. The van der Waals surface area contributed by atoms with E-state index in [4.69, 9.17) is 0 Å². The maximum absolute atomic E-state index is 13.9. The third kappa shape index (κ3) is 3.04. The largest absolute Gasteiger partial charge is 0.388 e. The Balaban J connectivity index is 2.12. The zero-order valence-corrected chi connectivity index (χ0v) is 11.3. The smallest absolute Gasteiger partial charge is 0.134 e. The summed E-state index contributed by atoms with van der Waals surface area (Å²) in [6.45, 7) is 1.59. The van der Waals surface area contributed by atoms with Gasteiger partial charge < -0.3 is 5.11 Å². The Labute approximate surface area is 111 Å². The first-order valence-electron chi connectivity index (χ1n) is 6.30. The van der Waals surface area contributed by atoms with Gasteiger partial charge in [0.2, 0.25) is 0 Å². The second-order valence-corrected chi connectivity index (χ2v) is 6.12. The zero-order chi connectivity index (χ0) is 13.1. The van der Waals surface area contributed by atoms with E-state index in [1.807, 2.05) is 11.8 Å². The fourth-order valence-electron chi connectivity index (χ4n) is 2.40. The van der Waals surface area contributed by atoms with Crippen LogP contribution < -0.4 is 0 Å². The van der Waals surface area contributed by atoms with Gasteiger partial charge in [-0.1, -0.05) is 6.07 Å². The lowest BCUT2D eigenvalue weighted by molar-refractivity contribution is 0.132. The number of thioether (sulfide) groups is 1. The van der Waals surface area contributed by atoms with Gasteiger partial charge in [-0.15, -0.1) is 0 Å². The van der Waals surface area contributed by atoms with Crippen LogP contribution in [0.15, 0.2) is 12.1 Å². The van der Waals surface area contributed by atoms with Crippen molar-refractivity contribution < 1.29 is 13.9 Å². The van der Waals surface area contributed by atoms with E-state index in [2.05, 4.69) is 0 Å². The molecular formula is C14H18F2OS. The first-order chi connectivity index (χ1) is 8.59. The number of aliphatic hydroxyl groups is 1. The van der Waals surface area contributed by atoms with Gasteiger partial charge in [-0.05, 0) is 55.2 Å². The van der Waals surface area contributed by atoms with Crippen LogP contribution in [0.4, 0.5) is 8.78 Å². The molecule has 1 atom stereocenters. The third-order valence-corrected chi connectivity index (χ3v) is 4.60. The lowest BCUT2D eigenvalue weighted by Gasteiger charge is -2.24. The Morgan fingerprint density at radius 3 is 2.67 bits per heavy atom. The predicted molar refractivity (Wildman–Crippen MR) is 70.7 cm³/mol. The molecular weight excluding hydrogens is 254 g/mol. The van der Waals surface area contributed by atoms with Gasteiger partial charge in [0.25, 0.3) is 0 Å². The highest BCUT2D eigenvalue weighted by Crippen LogP contribution is 2.33. The van der Waals surface area contributed by atoms with Gasteiger partial charge >= 0.3 is 0 Å². The second-order valence-electron chi connectivity index (χ2n) is 4.90. The first kappa shape index (κ1) is 13.8. The Bertz CT molecular complexity index is 417. The van der Waals surface area contributed by atoms with Crippen molar-refractivity contribution in [3.8, 4) is 0 Å². The highest BCUT2D eigenvalue weighted by atomic mass is 32.2. The molecule has 0 bridgehead atoms. The maximum atomic E-state index is 13.9. The summed E-state index contributed by atoms with van der Waals surface area (Å²) in [6, 6.07) is 2.63. The van der Waals surface area contributed by atoms with E-state index in [0.717, 1.165) is 24.3 Å². The van der Waals surface area contributed by atoms with Crippen molar-refractivity contribution in [1.82, 2.24) is 0 Å². The van der Waals surface area contributed by atoms with Crippen molar-refractivity contribution in [2.75, 3.05) is 11.5 Å². The van der Waals surface area contributed by atoms with Gasteiger partial charge in [-0.2, -0.15) is 11.8 Å². The van der Waals surface area contributed by atoms with Crippen molar-refractivity contribution in [3.63, 3.8) is 0 Å². The molecule has 18 heavy (non-hydrogen) atoms. The highest BCUT2D eigenvalue weighted by molar-refractivity contribution is 7.99. The minimum absolute atomic E-state index is 0.159. The molecule has 0 saturated carbocycles. The predicted octanol–water partition coefficient (Wildman–Crippen LogP) is 3.84. The third-order valence-electron chi connectivity index (χ3n) is 3.55. The molecule has 1 N–H and O–H groups in total. The lowest BCUT2D eigenvalue weighted by atomic mass is 9.91. The molecule has 1 heterocycles. The van der Waals surface area contributed by atoms with E-state index < -0.39 is 17.7 Å². The molecule has 1 unspecified atom stereocenters. The summed E-state index contributed by atoms with van der Waals surface area (Å²) in [5, 5.41) is 10.1. The first-order valence-corrected chi connectivity index (χ1v) is 7.45. The van der Waals surface area contributed by atoms with Crippen molar-refractivity contribution in [2.45, 2.75) is 32.3 Å². The summed E-state index contributed by atoms with van der Waals surface area (Å²) >= 11 is 1.90. The van der Waals surface area contributed by atoms with Crippen LogP contribution >= 0.6 is 11.8 Å². The second kappa shape index (κ2) is 6.02. The molecule has 1 saturated heterocycles. The normalized spacial score (nSPS) is 18.9. The van der Waals surface area contributed by atoms with Gasteiger partial charge in [0.1, 0.15) is 11.6 Å². The molecule has 4 heteroatoms. The van der Waals surface area contributed by atoms with Crippen LogP contribution in [0.3, 0.4) is 0 Å². The molecule has 100 valence electrons. The molecule has 0 amide bonds. The van der Waals surface area contributed by atoms with Gasteiger partial charge in [-0.3, -0.25) is 0 Å². The molecule has 0 spiro atoms. The molecule has 1 nitrogen and oxygen atoms in total. The number of hydrogen-bond donors (Lipinski definition) is 1. The van der Waals surface area contributed by atoms with Crippen LogP contribution in [0.25, 0.3) is 0 Å². The molecule has 1 aromatic rings. The fraction of sp³-hybridized carbons (Fsp3) is 0.571. The summed E-state index contributed by atoms with van der Waals surface area (Å²) in [7, 11) is 0. The van der Waals surface area contributed by atoms with Gasteiger partial charge in [-0.25, -0.2) is 8.78 Å². The number of aryl methyl sites for hydroxylation is 1. The van der Waals surface area contributed by atoms with Gasteiger partial charge in [0.15, 0.2) is 0 Å². The molecule has 2 rings (SSSR count). The van der Waals surface area contributed by atoms with E-state index in [1.165, 1.54) is 12.1 Å². The van der Waals surface area contributed by atoms with Crippen molar-refractivity contribution in [2.24, 2.45) is 5.92 Å². The Morgan fingerprint density at radius 1 is 1.33 bits per heavy atom. The number of halogens is 2. The van der Waals surface area contributed by atoms with E-state index in [1.54, 1.807) is 6.92 Å². The number of benzene rings is 1. The monoisotopic (exact) mass is 272 g/mol. The molecule has 1 aliphatic rings. The standard InChI is InChI=1S/C14H18F2OS/c1-9-2-3-11(15)13(14(9)16)12(17)8-10-4-6-18-7-5-10/h2-3,10,12,17H,4-8H2,1H3. The molecule has 0 aromatic heterocycles. The molecule has 1 fully saturated rings. The molecule has 0 aliphatic carbocycles. The van der Waals surface area contributed by atoms with E-state index in [0.29, 0.717) is 17.9 Å². The van der Waals surface area contributed by atoms with Crippen LogP contribution in [0, 0.1) is 24.5 Å². The van der Waals surface area contributed by atoms with Crippen LogP contribution in [-0.4, -0.2) is 16.6 Å². The van der Waals surface area contributed by atoms with Crippen LogP contribution in [0.5, 0.6) is 0 Å². The quantitative estimate of drug-likeness (QED) is 0.902. The average Bonchev–Trinajstić information content (AvgIpc) is 2.36. The Kier molecular flexibility index (Phi) is 4.62. The minimum Gasteiger partial charge on any atom is -0.388 e.